The highest BCUT2D eigenvalue weighted by Gasteiger charge is 2.49. The summed E-state index contributed by atoms with van der Waals surface area (Å²) in [5, 5.41) is 1.49. The van der Waals surface area contributed by atoms with Crippen LogP contribution in [0.1, 0.15) is 0 Å². The molecule has 0 saturated carbocycles. The van der Waals surface area contributed by atoms with Gasteiger partial charge in [-0.1, -0.05) is 46.6 Å². The van der Waals surface area contributed by atoms with Crippen LogP contribution in [0.4, 0.5) is 5.69 Å². The van der Waals surface area contributed by atoms with Crippen LogP contribution >= 0.6 is 46.6 Å². The molecule has 2 aliphatic heterocycles. The van der Waals surface area contributed by atoms with Gasteiger partial charge in [0.05, 0.1) is 27.6 Å². The van der Waals surface area contributed by atoms with Gasteiger partial charge in [-0.05, 0) is 42.5 Å². The minimum Gasteiger partial charge on any atom is -0.484 e. The highest BCUT2D eigenvalue weighted by Crippen LogP contribution is 2.42. The third kappa shape index (κ3) is 4.73. The van der Waals surface area contributed by atoms with Crippen LogP contribution in [0.15, 0.2) is 47.5 Å². The van der Waals surface area contributed by atoms with Crippen molar-refractivity contribution in [3.8, 4) is 5.75 Å². The van der Waals surface area contributed by atoms with Crippen molar-refractivity contribution < 1.29 is 17.9 Å². The molecular formula is C19H15Cl3N2O4S2. The molecule has 2 aliphatic rings. The van der Waals surface area contributed by atoms with Crippen molar-refractivity contribution in [2.24, 2.45) is 4.99 Å². The predicted molar refractivity (Wildman–Crippen MR) is 122 cm³/mol. The van der Waals surface area contributed by atoms with Crippen LogP contribution in [0, 0.1) is 0 Å². The van der Waals surface area contributed by atoms with Gasteiger partial charge in [-0.3, -0.25) is 4.79 Å². The lowest BCUT2D eigenvalue weighted by Crippen LogP contribution is -2.37. The molecule has 2 aromatic carbocycles. The quantitative estimate of drug-likeness (QED) is 0.616. The SMILES string of the molecule is O=C(COc1ccc(Cl)cc1)N=C1S[C@H]2CS(=O)(=O)C[C@@H]2N1c1ccc(Cl)c(Cl)c1. The molecule has 0 aromatic heterocycles. The number of amidine groups is 1. The third-order valence-electron chi connectivity index (χ3n) is 4.64. The van der Waals surface area contributed by atoms with E-state index in [1.807, 2.05) is 0 Å². The summed E-state index contributed by atoms with van der Waals surface area (Å²) in [6.07, 6.45) is 0. The van der Waals surface area contributed by atoms with E-state index in [9.17, 15) is 13.2 Å². The molecule has 0 radical (unpaired) electrons. The summed E-state index contributed by atoms with van der Waals surface area (Å²) in [5.41, 5.74) is 0.631. The Bertz CT molecular complexity index is 1120. The first kappa shape index (κ1) is 21.8. The molecule has 2 aromatic rings. The molecule has 11 heteroatoms. The maximum absolute atomic E-state index is 12.4. The fourth-order valence-electron chi connectivity index (χ4n) is 3.32. The Morgan fingerprint density at radius 1 is 1.10 bits per heavy atom. The van der Waals surface area contributed by atoms with Gasteiger partial charge < -0.3 is 9.64 Å². The lowest BCUT2D eigenvalue weighted by atomic mass is 10.2. The largest absolute Gasteiger partial charge is 0.484 e. The van der Waals surface area contributed by atoms with Crippen LogP contribution in [-0.2, 0) is 14.6 Å². The van der Waals surface area contributed by atoms with Crippen molar-refractivity contribution in [2.75, 3.05) is 23.0 Å². The number of ether oxygens (including phenoxy) is 1. The van der Waals surface area contributed by atoms with Crippen LogP contribution in [-0.4, -0.2) is 48.9 Å². The van der Waals surface area contributed by atoms with Gasteiger partial charge >= 0.3 is 0 Å². The van der Waals surface area contributed by atoms with Gasteiger partial charge in [0.25, 0.3) is 5.91 Å². The maximum atomic E-state index is 12.4. The Labute approximate surface area is 193 Å². The highest BCUT2D eigenvalue weighted by molar-refractivity contribution is 8.16. The minimum atomic E-state index is -3.16. The third-order valence-corrected chi connectivity index (χ3v) is 8.84. The number of amides is 1. The van der Waals surface area contributed by atoms with Crippen LogP contribution in [0.25, 0.3) is 0 Å². The molecule has 0 unspecified atom stereocenters. The molecule has 4 rings (SSSR count). The number of rotatable bonds is 4. The highest BCUT2D eigenvalue weighted by atomic mass is 35.5. The monoisotopic (exact) mass is 504 g/mol. The number of sulfone groups is 1. The van der Waals surface area contributed by atoms with Gasteiger partial charge in [0.2, 0.25) is 0 Å². The Balaban J connectivity index is 1.57. The number of fused-ring (bicyclic) bond motifs is 1. The maximum Gasteiger partial charge on any atom is 0.285 e. The van der Waals surface area contributed by atoms with Crippen molar-refractivity contribution >= 4 is 73.2 Å². The van der Waals surface area contributed by atoms with E-state index in [4.69, 9.17) is 39.5 Å². The lowest BCUT2D eigenvalue weighted by Gasteiger charge is -2.24. The summed E-state index contributed by atoms with van der Waals surface area (Å²) in [6.45, 7) is -0.255. The molecule has 6 nitrogen and oxygen atoms in total. The summed E-state index contributed by atoms with van der Waals surface area (Å²) >= 11 is 19.3. The zero-order valence-corrected chi connectivity index (χ0v) is 19.2. The Morgan fingerprint density at radius 3 is 2.53 bits per heavy atom. The molecule has 2 fully saturated rings. The molecule has 2 heterocycles. The summed E-state index contributed by atoms with van der Waals surface area (Å²) in [5.74, 6) is 0.0327. The number of carbonyl (C=O) groups is 1. The summed E-state index contributed by atoms with van der Waals surface area (Å²) in [4.78, 5) is 18.4. The molecule has 158 valence electrons. The zero-order chi connectivity index (χ0) is 21.5. The number of aliphatic imine (C=N–C) groups is 1. The van der Waals surface area contributed by atoms with E-state index in [1.165, 1.54) is 11.8 Å². The molecule has 1 amide bonds. The second-order valence-corrected chi connectivity index (χ2v) is 11.4. The van der Waals surface area contributed by atoms with Crippen LogP contribution in [0.2, 0.25) is 15.1 Å². The van der Waals surface area contributed by atoms with E-state index in [-0.39, 0.29) is 29.4 Å². The average molecular weight is 506 g/mol. The van der Waals surface area contributed by atoms with Crippen molar-refractivity contribution in [1.29, 1.82) is 0 Å². The van der Waals surface area contributed by atoms with E-state index in [0.717, 1.165) is 0 Å². The van der Waals surface area contributed by atoms with Gasteiger partial charge in [0.15, 0.2) is 21.6 Å². The van der Waals surface area contributed by atoms with E-state index in [0.29, 0.717) is 31.7 Å². The summed E-state index contributed by atoms with van der Waals surface area (Å²) in [7, 11) is -3.16. The fourth-order valence-corrected chi connectivity index (χ4v) is 7.67. The number of nitrogens with zero attached hydrogens (tertiary/aromatic N) is 2. The number of anilines is 1. The van der Waals surface area contributed by atoms with Crippen molar-refractivity contribution in [3.05, 3.63) is 57.5 Å². The Morgan fingerprint density at radius 2 is 1.83 bits per heavy atom. The van der Waals surface area contributed by atoms with Crippen LogP contribution in [0.3, 0.4) is 0 Å². The van der Waals surface area contributed by atoms with Crippen LogP contribution in [0.5, 0.6) is 5.75 Å². The van der Waals surface area contributed by atoms with Gasteiger partial charge in [-0.15, -0.1) is 0 Å². The van der Waals surface area contributed by atoms with Crippen molar-refractivity contribution in [1.82, 2.24) is 0 Å². The van der Waals surface area contributed by atoms with E-state index in [1.54, 1.807) is 47.4 Å². The average Bonchev–Trinajstić information content (AvgIpc) is 3.14. The van der Waals surface area contributed by atoms with Crippen molar-refractivity contribution in [3.63, 3.8) is 0 Å². The Kier molecular flexibility index (Phi) is 6.23. The number of halogens is 3. The summed E-state index contributed by atoms with van der Waals surface area (Å²) < 4.78 is 29.7. The molecule has 2 atom stereocenters. The molecule has 30 heavy (non-hydrogen) atoms. The number of hydrogen-bond acceptors (Lipinski definition) is 5. The van der Waals surface area contributed by atoms with E-state index >= 15 is 0 Å². The predicted octanol–water partition coefficient (Wildman–Crippen LogP) is 4.33. The van der Waals surface area contributed by atoms with Crippen LogP contribution < -0.4 is 9.64 Å². The van der Waals surface area contributed by atoms with Gasteiger partial charge in [-0.2, -0.15) is 4.99 Å². The molecule has 2 saturated heterocycles. The van der Waals surface area contributed by atoms with Gasteiger partial charge in [0.1, 0.15) is 5.75 Å². The first-order valence-electron chi connectivity index (χ1n) is 8.83. The van der Waals surface area contributed by atoms with E-state index in [2.05, 4.69) is 4.99 Å². The first-order valence-corrected chi connectivity index (χ1v) is 12.7. The van der Waals surface area contributed by atoms with Gasteiger partial charge in [-0.25, -0.2) is 8.42 Å². The summed E-state index contributed by atoms with van der Waals surface area (Å²) in [6, 6.07) is 11.3. The lowest BCUT2D eigenvalue weighted by molar-refractivity contribution is -0.119. The van der Waals surface area contributed by atoms with Gasteiger partial charge in [0, 0.05) is 16.0 Å². The number of hydrogen-bond donors (Lipinski definition) is 0. The number of benzene rings is 2. The molecule has 0 spiro atoms. The topological polar surface area (TPSA) is 76.0 Å². The second kappa shape index (κ2) is 8.59. The number of carbonyl (C=O) groups excluding carboxylic acids is 1. The first-order chi connectivity index (χ1) is 14.2. The van der Waals surface area contributed by atoms with E-state index < -0.39 is 15.7 Å². The molecule has 0 aliphatic carbocycles. The fraction of sp³-hybridized carbons (Fsp3) is 0.263. The number of thioether (sulfide) groups is 1. The Hall–Kier alpha value is -1.45. The van der Waals surface area contributed by atoms with Crippen molar-refractivity contribution in [2.45, 2.75) is 11.3 Å². The molecule has 0 bridgehead atoms. The minimum absolute atomic E-state index is 0.0145. The zero-order valence-electron chi connectivity index (χ0n) is 15.3. The smallest absolute Gasteiger partial charge is 0.285 e. The molecule has 0 N–H and O–H groups in total. The molecular weight excluding hydrogens is 491 g/mol. The standard InChI is InChI=1S/C19H15Cl3N2O4S2/c20-11-1-4-13(5-2-11)28-8-18(25)23-19-24(12-3-6-14(21)15(22)7-12)16-9-30(26,27)10-17(16)29-19/h1-7,16-17H,8-10H2/t16-,17-/m0/s1. The second-order valence-electron chi connectivity index (χ2n) is 6.80. The normalized spacial score (nSPS) is 23.6.